The number of aromatic nitrogens is 1. The van der Waals surface area contributed by atoms with Crippen molar-refractivity contribution >= 4 is 34.9 Å². The Hall–Kier alpha value is -2.45. The summed E-state index contributed by atoms with van der Waals surface area (Å²) in [6, 6.07) is 5.37. The number of pyridine rings is 1. The van der Waals surface area contributed by atoms with Gasteiger partial charge in [-0.15, -0.1) is 12.4 Å². The number of benzene rings is 1. The molecule has 1 fully saturated rings. The molecule has 2 N–H and O–H groups in total. The van der Waals surface area contributed by atoms with Gasteiger partial charge in [-0.1, -0.05) is 0 Å². The molecular formula is C18H23ClN4O4. The summed E-state index contributed by atoms with van der Waals surface area (Å²) in [5.41, 5.74) is 0.152. The number of nitro benzene ring substituents is 1. The van der Waals surface area contributed by atoms with Gasteiger partial charge < -0.3 is 15.2 Å². The van der Waals surface area contributed by atoms with Crippen LogP contribution in [0.2, 0.25) is 0 Å². The first-order valence-corrected chi connectivity index (χ1v) is 8.75. The first kappa shape index (κ1) is 20.9. The highest BCUT2D eigenvalue weighted by molar-refractivity contribution is 6.06. The van der Waals surface area contributed by atoms with E-state index in [9.17, 15) is 19.7 Å². The molecule has 8 nitrogen and oxygen atoms in total. The third-order valence-electron chi connectivity index (χ3n) is 4.97. The maximum atomic E-state index is 13.0. The Morgan fingerprint density at radius 2 is 2.04 bits per heavy atom. The molecule has 1 aliphatic rings. The summed E-state index contributed by atoms with van der Waals surface area (Å²) in [5.74, 6) is 0.345. The van der Waals surface area contributed by atoms with Gasteiger partial charge in [-0.05, 0) is 44.8 Å². The van der Waals surface area contributed by atoms with Gasteiger partial charge in [-0.2, -0.15) is 0 Å². The summed E-state index contributed by atoms with van der Waals surface area (Å²) < 4.78 is 0. The molecule has 0 saturated carbocycles. The molecule has 0 bridgehead atoms. The summed E-state index contributed by atoms with van der Waals surface area (Å²) in [5, 5.41) is 14.6. The zero-order valence-corrected chi connectivity index (χ0v) is 15.9. The summed E-state index contributed by atoms with van der Waals surface area (Å²) in [7, 11) is 1.93. The average molecular weight is 395 g/mol. The standard InChI is InChI=1S/C18H22N4O4.ClH/c1-19-7-4-12-5-8-21(9-6-12)18(24)15-11-17(23)20-16-3-2-13(22(25)26)10-14(15)16;/h2-3,10-12,19H,4-9H2,1H3,(H,20,23);1H. The molecule has 2 aromatic rings. The van der Waals surface area contributed by atoms with Gasteiger partial charge in [0.05, 0.1) is 10.5 Å². The van der Waals surface area contributed by atoms with Crippen molar-refractivity contribution < 1.29 is 9.72 Å². The van der Waals surface area contributed by atoms with Crippen molar-refractivity contribution in [3.63, 3.8) is 0 Å². The SMILES string of the molecule is CNCCC1CCN(C(=O)c2cc(=O)[nH]c3ccc([N+](=O)[O-])cc23)CC1.Cl. The van der Waals surface area contributed by atoms with Crippen LogP contribution in [0.25, 0.3) is 10.9 Å². The molecule has 27 heavy (non-hydrogen) atoms. The lowest BCUT2D eigenvalue weighted by Crippen LogP contribution is -2.39. The highest BCUT2D eigenvalue weighted by Crippen LogP contribution is 2.25. The number of nitro groups is 1. The Balaban J connectivity index is 0.00000261. The second kappa shape index (κ2) is 8.96. The zero-order chi connectivity index (χ0) is 18.7. The number of nitrogens with zero attached hydrogens (tertiary/aromatic N) is 2. The van der Waals surface area contributed by atoms with E-state index in [1.807, 2.05) is 7.05 Å². The van der Waals surface area contributed by atoms with E-state index in [0.717, 1.165) is 25.8 Å². The minimum atomic E-state index is -0.508. The van der Waals surface area contributed by atoms with Gasteiger partial charge in [0.1, 0.15) is 0 Å². The van der Waals surface area contributed by atoms with E-state index in [0.29, 0.717) is 29.9 Å². The van der Waals surface area contributed by atoms with E-state index < -0.39 is 10.5 Å². The van der Waals surface area contributed by atoms with Crippen LogP contribution in [0.1, 0.15) is 29.6 Å². The summed E-state index contributed by atoms with van der Waals surface area (Å²) >= 11 is 0. The highest BCUT2D eigenvalue weighted by Gasteiger charge is 2.25. The zero-order valence-electron chi connectivity index (χ0n) is 15.1. The molecule has 1 aromatic carbocycles. The van der Waals surface area contributed by atoms with E-state index in [1.165, 1.54) is 24.3 Å². The molecule has 0 radical (unpaired) electrons. The summed E-state index contributed by atoms with van der Waals surface area (Å²) in [6.45, 7) is 2.23. The fraction of sp³-hybridized carbons (Fsp3) is 0.444. The van der Waals surface area contributed by atoms with Crippen LogP contribution < -0.4 is 10.9 Å². The molecule has 0 atom stereocenters. The van der Waals surface area contributed by atoms with Crippen LogP contribution in [-0.4, -0.2) is 47.4 Å². The molecule has 0 spiro atoms. The number of fused-ring (bicyclic) bond motifs is 1. The van der Waals surface area contributed by atoms with Crippen molar-refractivity contribution in [1.29, 1.82) is 0 Å². The van der Waals surface area contributed by atoms with Crippen molar-refractivity contribution in [2.75, 3.05) is 26.7 Å². The van der Waals surface area contributed by atoms with Gasteiger partial charge in [0.2, 0.25) is 5.56 Å². The van der Waals surface area contributed by atoms with Crippen molar-refractivity contribution in [1.82, 2.24) is 15.2 Å². The van der Waals surface area contributed by atoms with Crippen LogP contribution in [0.5, 0.6) is 0 Å². The van der Waals surface area contributed by atoms with Crippen LogP contribution in [-0.2, 0) is 0 Å². The lowest BCUT2D eigenvalue weighted by Gasteiger charge is -2.32. The third kappa shape index (κ3) is 4.64. The number of amides is 1. The minimum Gasteiger partial charge on any atom is -0.339 e. The van der Waals surface area contributed by atoms with Crippen molar-refractivity contribution in [3.8, 4) is 0 Å². The number of hydrogen-bond donors (Lipinski definition) is 2. The number of carbonyl (C=O) groups excluding carboxylic acids is 1. The molecular weight excluding hydrogens is 372 g/mol. The second-order valence-electron chi connectivity index (χ2n) is 6.66. The van der Waals surface area contributed by atoms with Gasteiger partial charge in [0, 0.05) is 42.2 Å². The van der Waals surface area contributed by atoms with Gasteiger partial charge in [-0.25, -0.2) is 0 Å². The number of H-pyrrole nitrogens is 1. The molecule has 1 saturated heterocycles. The maximum absolute atomic E-state index is 13.0. The van der Waals surface area contributed by atoms with E-state index in [4.69, 9.17) is 0 Å². The van der Waals surface area contributed by atoms with Gasteiger partial charge >= 0.3 is 0 Å². The molecule has 146 valence electrons. The molecule has 3 rings (SSSR count). The molecule has 1 aliphatic heterocycles. The summed E-state index contributed by atoms with van der Waals surface area (Å²) in [6.07, 6.45) is 2.93. The smallest absolute Gasteiger partial charge is 0.270 e. The van der Waals surface area contributed by atoms with E-state index >= 15 is 0 Å². The van der Waals surface area contributed by atoms with Crippen LogP contribution in [0.15, 0.2) is 29.1 Å². The number of halogens is 1. The fourth-order valence-electron chi connectivity index (χ4n) is 3.48. The lowest BCUT2D eigenvalue weighted by atomic mass is 9.93. The number of carbonyl (C=O) groups is 1. The molecule has 0 unspecified atom stereocenters. The average Bonchev–Trinajstić information content (AvgIpc) is 2.65. The molecule has 2 heterocycles. The van der Waals surface area contributed by atoms with Crippen LogP contribution in [0.3, 0.4) is 0 Å². The van der Waals surface area contributed by atoms with Crippen LogP contribution >= 0.6 is 12.4 Å². The summed E-state index contributed by atoms with van der Waals surface area (Å²) in [4.78, 5) is 39.8. The third-order valence-corrected chi connectivity index (χ3v) is 4.97. The molecule has 1 amide bonds. The normalized spacial score (nSPS) is 14.8. The van der Waals surface area contributed by atoms with Gasteiger partial charge in [0.15, 0.2) is 0 Å². The Bertz CT molecular complexity index is 891. The van der Waals surface area contributed by atoms with E-state index in [2.05, 4.69) is 10.3 Å². The molecule has 0 aliphatic carbocycles. The van der Waals surface area contributed by atoms with Gasteiger partial charge in [0.25, 0.3) is 11.6 Å². The second-order valence-corrected chi connectivity index (χ2v) is 6.66. The fourth-order valence-corrected chi connectivity index (χ4v) is 3.48. The number of piperidine rings is 1. The maximum Gasteiger partial charge on any atom is 0.270 e. The Kier molecular flexibility index (Phi) is 6.92. The molecule has 1 aromatic heterocycles. The number of aromatic amines is 1. The number of non-ortho nitro benzene ring substituents is 1. The first-order chi connectivity index (χ1) is 12.5. The van der Waals surface area contributed by atoms with E-state index in [1.54, 1.807) is 4.90 Å². The Morgan fingerprint density at radius 3 is 2.67 bits per heavy atom. The van der Waals surface area contributed by atoms with Crippen molar-refractivity contribution in [2.24, 2.45) is 5.92 Å². The van der Waals surface area contributed by atoms with Crippen molar-refractivity contribution in [3.05, 3.63) is 50.3 Å². The highest BCUT2D eigenvalue weighted by atomic mass is 35.5. The first-order valence-electron chi connectivity index (χ1n) is 8.75. The van der Waals surface area contributed by atoms with Crippen molar-refractivity contribution in [2.45, 2.75) is 19.3 Å². The lowest BCUT2D eigenvalue weighted by molar-refractivity contribution is -0.384. The topological polar surface area (TPSA) is 108 Å². The molecule has 9 heteroatoms. The number of rotatable bonds is 5. The number of hydrogen-bond acceptors (Lipinski definition) is 5. The van der Waals surface area contributed by atoms with E-state index in [-0.39, 0.29) is 29.6 Å². The van der Waals surface area contributed by atoms with Crippen LogP contribution in [0, 0.1) is 16.0 Å². The van der Waals surface area contributed by atoms with Gasteiger partial charge in [-0.3, -0.25) is 19.7 Å². The Morgan fingerprint density at radius 1 is 1.33 bits per heavy atom. The quantitative estimate of drug-likeness (QED) is 0.597. The Labute approximate surface area is 162 Å². The largest absolute Gasteiger partial charge is 0.339 e. The predicted molar refractivity (Wildman–Crippen MR) is 106 cm³/mol. The number of nitrogens with one attached hydrogen (secondary N) is 2. The monoisotopic (exact) mass is 394 g/mol. The number of likely N-dealkylation sites (tertiary alicyclic amines) is 1. The van der Waals surface area contributed by atoms with Crippen LogP contribution in [0.4, 0.5) is 5.69 Å². The minimum absolute atomic E-state index is 0. The predicted octanol–water partition coefficient (Wildman–Crippen LogP) is 2.32.